The van der Waals surface area contributed by atoms with E-state index in [1.807, 2.05) is 60.7 Å². The Morgan fingerprint density at radius 1 is 0.893 bits per heavy atom. The number of hydrogen-bond acceptors (Lipinski definition) is 4. The van der Waals surface area contributed by atoms with E-state index in [9.17, 15) is 9.59 Å². The van der Waals surface area contributed by atoms with Gasteiger partial charge < -0.3 is 20.1 Å². The number of benzene rings is 2. The molecule has 0 aliphatic heterocycles. The smallest absolute Gasteiger partial charge is 0.408 e. The third kappa shape index (κ3) is 7.31. The van der Waals surface area contributed by atoms with Crippen LogP contribution in [0.4, 0.5) is 9.59 Å². The van der Waals surface area contributed by atoms with Crippen molar-refractivity contribution in [3.63, 3.8) is 0 Å². The van der Waals surface area contributed by atoms with E-state index in [2.05, 4.69) is 10.6 Å². The Morgan fingerprint density at radius 2 is 1.46 bits per heavy atom. The van der Waals surface area contributed by atoms with Crippen LogP contribution < -0.4 is 10.6 Å². The fourth-order valence-corrected chi connectivity index (χ4v) is 2.63. The zero-order valence-electron chi connectivity index (χ0n) is 16.8. The van der Waals surface area contributed by atoms with Gasteiger partial charge in [-0.25, -0.2) is 9.59 Å². The highest BCUT2D eigenvalue weighted by molar-refractivity contribution is 5.70. The molecule has 6 nitrogen and oxygen atoms in total. The van der Waals surface area contributed by atoms with Gasteiger partial charge in [-0.2, -0.15) is 0 Å². The molecule has 2 atom stereocenters. The number of amides is 2. The van der Waals surface area contributed by atoms with E-state index < -0.39 is 29.9 Å². The number of carbonyl (C=O) groups is 2. The number of rotatable bonds is 6. The molecule has 0 spiro atoms. The van der Waals surface area contributed by atoms with Crippen molar-refractivity contribution in [1.29, 1.82) is 0 Å². The van der Waals surface area contributed by atoms with Crippen LogP contribution in [-0.2, 0) is 16.1 Å². The van der Waals surface area contributed by atoms with Crippen LogP contribution in [0.2, 0.25) is 0 Å². The van der Waals surface area contributed by atoms with Crippen molar-refractivity contribution < 1.29 is 19.1 Å². The molecular formula is C22H28N2O4. The largest absolute Gasteiger partial charge is 0.445 e. The van der Waals surface area contributed by atoms with Gasteiger partial charge in [0.05, 0.1) is 12.1 Å². The average molecular weight is 384 g/mol. The van der Waals surface area contributed by atoms with Crippen LogP contribution in [-0.4, -0.2) is 23.8 Å². The minimum Gasteiger partial charge on any atom is -0.445 e. The number of hydrogen-bond donors (Lipinski definition) is 2. The Balaban J connectivity index is 2.01. The first-order chi connectivity index (χ1) is 13.2. The van der Waals surface area contributed by atoms with E-state index >= 15 is 0 Å². The van der Waals surface area contributed by atoms with E-state index in [4.69, 9.17) is 9.47 Å². The molecule has 28 heavy (non-hydrogen) atoms. The summed E-state index contributed by atoms with van der Waals surface area (Å²) in [6.07, 6.45) is -1.10. The predicted molar refractivity (Wildman–Crippen MR) is 108 cm³/mol. The monoisotopic (exact) mass is 384 g/mol. The topological polar surface area (TPSA) is 76.7 Å². The normalized spacial score (nSPS) is 13.1. The molecular weight excluding hydrogens is 356 g/mol. The Kier molecular flexibility index (Phi) is 7.44. The van der Waals surface area contributed by atoms with Crippen LogP contribution in [0, 0.1) is 0 Å². The Labute approximate surface area is 166 Å². The van der Waals surface area contributed by atoms with E-state index in [0.717, 1.165) is 11.1 Å². The lowest BCUT2D eigenvalue weighted by Crippen LogP contribution is -2.46. The zero-order valence-corrected chi connectivity index (χ0v) is 16.8. The first-order valence-electron chi connectivity index (χ1n) is 9.26. The lowest BCUT2D eigenvalue weighted by molar-refractivity contribution is 0.0490. The molecule has 0 bridgehead atoms. The third-order valence-electron chi connectivity index (χ3n) is 3.89. The first-order valence-corrected chi connectivity index (χ1v) is 9.26. The number of ether oxygens (including phenoxy) is 2. The van der Waals surface area contributed by atoms with Crippen molar-refractivity contribution in [3.05, 3.63) is 71.8 Å². The van der Waals surface area contributed by atoms with Crippen molar-refractivity contribution in [2.75, 3.05) is 0 Å². The van der Waals surface area contributed by atoms with Crippen molar-refractivity contribution in [2.45, 2.75) is 52.0 Å². The zero-order chi connectivity index (χ0) is 20.6. The number of nitrogens with one attached hydrogen (secondary N) is 2. The molecule has 2 N–H and O–H groups in total. The van der Waals surface area contributed by atoms with Crippen LogP contribution >= 0.6 is 0 Å². The van der Waals surface area contributed by atoms with E-state index in [0.29, 0.717) is 0 Å². The minimum absolute atomic E-state index is 0.175. The Bertz CT molecular complexity index is 757. The second-order valence-corrected chi connectivity index (χ2v) is 7.53. The Morgan fingerprint density at radius 3 is 2.04 bits per heavy atom. The van der Waals surface area contributed by atoms with Gasteiger partial charge in [-0.15, -0.1) is 0 Å². The van der Waals surface area contributed by atoms with Crippen molar-refractivity contribution in [1.82, 2.24) is 10.6 Å². The van der Waals surface area contributed by atoms with Gasteiger partial charge in [-0.3, -0.25) is 0 Å². The molecule has 0 heterocycles. The summed E-state index contributed by atoms with van der Waals surface area (Å²) in [6.45, 7) is 7.37. The van der Waals surface area contributed by atoms with Gasteiger partial charge >= 0.3 is 12.2 Å². The summed E-state index contributed by atoms with van der Waals surface area (Å²) in [7, 11) is 0. The second kappa shape index (κ2) is 9.78. The minimum atomic E-state index is -0.614. The molecule has 0 aromatic heterocycles. The number of carbonyl (C=O) groups excluding carboxylic acids is 2. The standard InChI is InChI=1S/C22H28N2O4/c1-16(23-20(25)27-15-17-11-7-5-8-12-17)19(18-13-9-6-10-14-18)24-21(26)28-22(2,3)4/h5-14,16,19H,15H2,1-4H3,(H,23,25)(H,24,26)/t16-,19-/m1/s1. The van der Waals surface area contributed by atoms with Crippen LogP contribution in [0.25, 0.3) is 0 Å². The fourth-order valence-electron chi connectivity index (χ4n) is 2.63. The van der Waals surface area contributed by atoms with Gasteiger partial charge in [0.15, 0.2) is 0 Å². The molecule has 0 fully saturated rings. The highest BCUT2D eigenvalue weighted by Gasteiger charge is 2.26. The van der Waals surface area contributed by atoms with E-state index in [-0.39, 0.29) is 6.61 Å². The molecule has 0 saturated heterocycles. The van der Waals surface area contributed by atoms with Crippen molar-refractivity contribution >= 4 is 12.2 Å². The molecule has 150 valence electrons. The van der Waals surface area contributed by atoms with Gasteiger partial charge in [-0.1, -0.05) is 60.7 Å². The summed E-state index contributed by atoms with van der Waals surface area (Å²) in [6, 6.07) is 18.0. The molecule has 0 unspecified atom stereocenters. The maximum Gasteiger partial charge on any atom is 0.408 e. The van der Waals surface area contributed by atoms with E-state index in [1.54, 1.807) is 27.7 Å². The van der Waals surface area contributed by atoms with Gasteiger partial charge in [0, 0.05) is 0 Å². The van der Waals surface area contributed by atoms with Gasteiger partial charge in [0.1, 0.15) is 12.2 Å². The van der Waals surface area contributed by atoms with Gasteiger partial charge in [0.25, 0.3) is 0 Å². The SMILES string of the molecule is C[C@@H](NC(=O)OCc1ccccc1)[C@@H](NC(=O)OC(C)(C)C)c1ccccc1. The lowest BCUT2D eigenvalue weighted by atomic mass is 10.0. The summed E-state index contributed by atoms with van der Waals surface area (Å²) in [5.41, 5.74) is 1.14. The second-order valence-electron chi connectivity index (χ2n) is 7.53. The first kappa shape index (κ1) is 21.3. The van der Waals surface area contributed by atoms with E-state index in [1.165, 1.54) is 0 Å². The molecule has 2 rings (SSSR count). The maximum atomic E-state index is 12.3. The van der Waals surface area contributed by atoms with Crippen LogP contribution in [0.15, 0.2) is 60.7 Å². The number of alkyl carbamates (subject to hydrolysis) is 2. The Hall–Kier alpha value is -3.02. The predicted octanol–water partition coefficient (Wildman–Crippen LogP) is 4.57. The lowest BCUT2D eigenvalue weighted by Gasteiger charge is -2.28. The molecule has 2 amide bonds. The van der Waals surface area contributed by atoms with Crippen molar-refractivity contribution in [2.24, 2.45) is 0 Å². The molecule has 6 heteroatoms. The fraction of sp³-hybridized carbons (Fsp3) is 0.364. The van der Waals surface area contributed by atoms with Gasteiger partial charge in [0.2, 0.25) is 0 Å². The van der Waals surface area contributed by atoms with Crippen molar-refractivity contribution in [3.8, 4) is 0 Å². The molecule has 2 aromatic rings. The molecule has 0 saturated carbocycles. The van der Waals surface area contributed by atoms with Gasteiger partial charge in [-0.05, 0) is 38.8 Å². The summed E-state index contributed by atoms with van der Waals surface area (Å²) in [5.74, 6) is 0. The molecule has 0 aliphatic rings. The van der Waals surface area contributed by atoms with Crippen LogP contribution in [0.1, 0.15) is 44.9 Å². The summed E-state index contributed by atoms with van der Waals surface area (Å²) < 4.78 is 10.6. The summed E-state index contributed by atoms with van der Waals surface area (Å²) in [4.78, 5) is 24.5. The highest BCUT2D eigenvalue weighted by Crippen LogP contribution is 2.18. The molecule has 2 aromatic carbocycles. The molecule has 0 aliphatic carbocycles. The highest BCUT2D eigenvalue weighted by atomic mass is 16.6. The quantitative estimate of drug-likeness (QED) is 0.765. The average Bonchev–Trinajstić information content (AvgIpc) is 2.64. The third-order valence-corrected chi connectivity index (χ3v) is 3.89. The van der Waals surface area contributed by atoms with Crippen LogP contribution in [0.3, 0.4) is 0 Å². The van der Waals surface area contributed by atoms with Crippen LogP contribution in [0.5, 0.6) is 0 Å². The molecule has 0 radical (unpaired) electrons. The summed E-state index contributed by atoms with van der Waals surface area (Å²) >= 11 is 0. The summed E-state index contributed by atoms with van der Waals surface area (Å²) in [5, 5.41) is 5.62. The maximum absolute atomic E-state index is 12.3.